The molecule has 1 aliphatic rings. The molecule has 1 saturated heterocycles. The van der Waals surface area contributed by atoms with Crippen molar-refractivity contribution < 1.29 is 4.79 Å². The number of benzene rings is 1. The molecule has 0 spiro atoms. The number of aryl methyl sites for hydroxylation is 1. The van der Waals surface area contributed by atoms with Crippen LogP contribution in [0.4, 0.5) is 5.69 Å². The highest BCUT2D eigenvalue weighted by atomic mass is 32.1. The Kier molecular flexibility index (Phi) is 4.99. The number of amides is 1. The van der Waals surface area contributed by atoms with E-state index in [1.807, 2.05) is 0 Å². The van der Waals surface area contributed by atoms with Gasteiger partial charge in [-0.2, -0.15) is 4.37 Å². The lowest BCUT2D eigenvalue weighted by molar-refractivity contribution is 0.0753. The molecule has 1 aromatic carbocycles. The number of hydrogen-bond donors (Lipinski definition) is 1. The van der Waals surface area contributed by atoms with Crippen molar-refractivity contribution in [3.05, 3.63) is 55.0 Å². The molecule has 152 valence electrons. The Labute approximate surface area is 171 Å². The lowest BCUT2D eigenvalue weighted by Gasteiger charge is -2.36. The Morgan fingerprint density at radius 3 is 2.59 bits per heavy atom. The van der Waals surface area contributed by atoms with E-state index in [4.69, 9.17) is 0 Å². The Morgan fingerprint density at radius 2 is 1.90 bits per heavy atom. The standard InChI is InChI=1S/C20H23N5O3S/c1-4-25-18(26)16-15(21-20(25)28)17(29-22-16)19(27)24-10-8-23(9-11-24)14-7-5-6-12(2)13(14)3/h5-7H,4,8-11H2,1-3H3,(H,21,28). The van der Waals surface area contributed by atoms with Crippen LogP contribution in [0.2, 0.25) is 0 Å². The van der Waals surface area contributed by atoms with E-state index in [9.17, 15) is 14.4 Å². The van der Waals surface area contributed by atoms with E-state index in [2.05, 4.69) is 46.3 Å². The molecule has 0 radical (unpaired) electrons. The minimum absolute atomic E-state index is 0.147. The molecule has 1 fully saturated rings. The quantitative estimate of drug-likeness (QED) is 0.706. The van der Waals surface area contributed by atoms with Crippen LogP contribution in [0.25, 0.3) is 11.0 Å². The van der Waals surface area contributed by atoms with E-state index in [1.54, 1.807) is 11.8 Å². The van der Waals surface area contributed by atoms with Gasteiger partial charge in [-0.15, -0.1) is 0 Å². The summed E-state index contributed by atoms with van der Waals surface area (Å²) in [4.78, 5) is 44.7. The minimum atomic E-state index is -0.515. The number of aromatic amines is 1. The number of nitrogens with one attached hydrogen (secondary N) is 1. The normalized spacial score (nSPS) is 14.6. The van der Waals surface area contributed by atoms with Crippen LogP contribution in [-0.2, 0) is 6.54 Å². The number of carbonyl (C=O) groups is 1. The number of aromatic nitrogens is 3. The van der Waals surface area contributed by atoms with Crippen molar-refractivity contribution in [1.29, 1.82) is 0 Å². The molecule has 3 aromatic rings. The number of fused-ring (bicyclic) bond motifs is 1. The van der Waals surface area contributed by atoms with Gasteiger partial charge in [0.25, 0.3) is 11.5 Å². The summed E-state index contributed by atoms with van der Waals surface area (Å²) < 4.78 is 5.23. The predicted octanol–water partition coefficient (Wildman–Crippen LogP) is 1.75. The van der Waals surface area contributed by atoms with Crippen LogP contribution in [-0.4, -0.2) is 50.9 Å². The zero-order valence-electron chi connectivity index (χ0n) is 16.7. The largest absolute Gasteiger partial charge is 0.368 e. The highest BCUT2D eigenvalue weighted by Gasteiger charge is 2.27. The van der Waals surface area contributed by atoms with Gasteiger partial charge in [-0.1, -0.05) is 12.1 Å². The first-order valence-corrected chi connectivity index (χ1v) is 10.4. The van der Waals surface area contributed by atoms with E-state index < -0.39 is 11.2 Å². The first kappa shape index (κ1) is 19.4. The molecule has 2 aromatic heterocycles. The molecule has 8 nitrogen and oxygen atoms in total. The van der Waals surface area contributed by atoms with E-state index >= 15 is 0 Å². The molecule has 1 amide bonds. The summed E-state index contributed by atoms with van der Waals surface area (Å²) in [6, 6.07) is 6.26. The number of rotatable bonds is 3. The summed E-state index contributed by atoms with van der Waals surface area (Å²) in [5.41, 5.74) is 3.12. The Balaban J connectivity index is 1.57. The lowest BCUT2D eigenvalue weighted by atomic mass is 10.1. The Bertz CT molecular complexity index is 1200. The average molecular weight is 414 g/mol. The topological polar surface area (TPSA) is 91.3 Å². The highest BCUT2D eigenvalue weighted by molar-refractivity contribution is 7.09. The second-order valence-corrected chi connectivity index (χ2v) is 7.99. The summed E-state index contributed by atoms with van der Waals surface area (Å²) in [7, 11) is 0. The Morgan fingerprint density at radius 1 is 1.17 bits per heavy atom. The molecule has 29 heavy (non-hydrogen) atoms. The van der Waals surface area contributed by atoms with Gasteiger partial charge in [-0.3, -0.25) is 14.2 Å². The van der Waals surface area contributed by atoms with Crippen LogP contribution in [0, 0.1) is 13.8 Å². The molecule has 0 saturated carbocycles. The molecule has 4 rings (SSSR count). The summed E-state index contributed by atoms with van der Waals surface area (Å²) in [5, 5.41) is 0. The Hall–Kier alpha value is -2.94. The zero-order valence-corrected chi connectivity index (χ0v) is 17.5. The van der Waals surface area contributed by atoms with Gasteiger partial charge in [-0.25, -0.2) is 4.79 Å². The smallest absolute Gasteiger partial charge is 0.328 e. The van der Waals surface area contributed by atoms with E-state index in [0.717, 1.165) is 29.2 Å². The van der Waals surface area contributed by atoms with Crippen molar-refractivity contribution in [3.8, 4) is 0 Å². The van der Waals surface area contributed by atoms with Gasteiger partial charge >= 0.3 is 5.69 Å². The van der Waals surface area contributed by atoms with Crippen LogP contribution in [0.5, 0.6) is 0 Å². The molecular weight excluding hydrogens is 390 g/mol. The van der Waals surface area contributed by atoms with Crippen molar-refractivity contribution in [1.82, 2.24) is 18.8 Å². The molecule has 0 bridgehead atoms. The lowest BCUT2D eigenvalue weighted by Crippen LogP contribution is -2.49. The third-order valence-electron chi connectivity index (χ3n) is 5.61. The fourth-order valence-corrected chi connectivity index (χ4v) is 4.55. The molecule has 0 atom stereocenters. The van der Waals surface area contributed by atoms with Gasteiger partial charge in [0.1, 0.15) is 4.88 Å². The maximum atomic E-state index is 13.1. The second-order valence-electron chi connectivity index (χ2n) is 7.21. The summed E-state index contributed by atoms with van der Waals surface area (Å²) in [6.45, 7) is 8.79. The van der Waals surface area contributed by atoms with Gasteiger partial charge < -0.3 is 14.8 Å². The first-order chi connectivity index (χ1) is 13.9. The maximum absolute atomic E-state index is 13.1. The van der Waals surface area contributed by atoms with Gasteiger partial charge in [0, 0.05) is 38.4 Å². The number of hydrogen-bond acceptors (Lipinski definition) is 6. The second kappa shape index (κ2) is 7.47. The van der Waals surface area contributed by atoms with Crippen molar-refractivity contribution >= 4 is 34.2 Å². The number of nitrogens with zero attached hydrogens (tertiary/aromatic N) is 4. The summed E-state index contributed by atoms with van der Waals surface area (Å²) in [5.74, 6) is -0.192. The third-order valence-corrected chi connectivity index (χ3v) is 6.45. The fourth-order valence-electron chi connectivity index (χ4n) is 3.75. The van der Waals surface area contributed by atoms with Gasteiger partial charge in [0.2, 0.25) is 0 Å². The van der Waals surface area contributed by atoms with Crippen LogP contribution < -0.4 is 16.1 Å². The fraction of sp³-hybridized carbons (Fsp3) is 0.400. The zero-order chi connectivity index (χ0) is 20.7. The van der Waals surface area contributed by atoms with Gasteiger partial charge in [0.05, 0.1) is 5.52 Å². The van der Waals surface area contributed by atoms with Crippen molar-refractivity contribution in [3.63, 3.8) is 0 Å². The molecule has 1 aliphatic heterocycles. The van der Waals surface area contributed by atoms with Crippen LogP contribution in [0.3, 0.4) is 0 Å². The van der Waals surface area contributed by atoms with Crippen LogP contribution in [0.1, 0.15) is 27.7 Å². The third kappa shape index (κ3) is 3.25. The molecule has 3 heterocycles. The predicted molar refractivity (Wildman–Crippen MR) is 114 cm³/mol. The van der Waals surface area contributed by atoms with E-state index in [1.165, 1.54) is 16.8 Å². The number of H-pyrrole nitrogens is 1. The average Bonchev–Trinajstić information content (AvgIpc) is 3.14. The van der Waals surface area contributed by atoms with Crippen molar-refractivity contribution in [2.75, 3.05) is 31.1 Å². The minimum Gasteiger partial charge on any atom is -0.368 e. The van der Waals surface area contributed by atoms with Crippen molar-refractivity contribution in [2.45, 2.75) is 27.3 Å². The molecule has 0 aliphatic carbocycles. The SMILES string of the molecule is CCn1c(=O)[nH]c2c(C(=O)N3CCN(c4cccc(C)c4C)CC3)snc2c1=O. The highest BCUT2D eigenvalue weighted by Crippen LogP contribution is 2.25. The van der Waals surface area contributed by atoms with Crippen LogP contribution >= 0.6 is 11.5 Å². The molecular formula is C20H23N5O3S. The molecule has 9 heteroatoms. The number of piperazine rings is 1. The maximum Gasteiger partial charge on any atom is 0.328 e. The number of anilines is 1. The van der Waals surface area contributed by atoms with Crippen LogP contribution in [0.15, 0.2) is 27.8 Å². The van der Waals surface area contributed by atoms with Crippen molar-refractivity contribution in [2.24, 2.45) is 0 Å². The molecule has 0 unspecified atom stereocenters. The van der Waals surface area contributed by atoms with Gasteiger partial charge in [-0.05, 0) is 49.5 Å². The molecule has 1 N–H and O–H groups in total. The number of carbonyl (C=O) groups excluding carboxylic acids is 1. The first-order valence-electron chi connectivity index (χ1n) is 9.65. The summed E-state index contributed by atoms with van der Waals surface area (Å²) in [6.07, 6.45) is 0. The van der Waals surface area contributed by atoms with Gasteiger partial charge in [0.15, 0.2) is 5.52 Å². The monoisotopic (exact) mass is 413 g/mol. The van der Waals surface area contributed by atoms with E-state index in [0.29, 0.717) is 18.0 Å². The summed E-state index contributed by atoms with van der Waals surface area (Å²) >= 11 is 0.970. The van der Waals surface area contributed by atoms with E-state index in [-0.39, 0.29) is 23.5 Å².